The number of aromatic nitrogens is 2. The van der Waals surface area contributed by atoms with E-state index in [1.807, 2.05) is 36.4 Å². The average Bonchev–Trinajstić information content (AvgIpc) is 3.42. The van der Waals surface area contributed by atoms with E-state index in [-0.39, 0.29) is 5.91 Å². The van der Waals surface area contributed by atoms with Gasteiger partial charge in [0.15, 0.2) is 0 Å². The van der Waals surface area contributed by atoms with Crippen LogP contribution in [-0.2, 0) is 0 Å². The van der Waals surface area contributed by atoms with Crippen molar-refractivity contribution in [2.45, 2.75) is 32.1 Å². The quantitative estimate of drug-likeness (QED) is 0.521. The molecule has 0 saturated carbocycles. The SMILES string of the molecule is COc1ccc(-c2nc(-c3ccc(C(=O)NCCCN4CCCCCC4)s3)no2)cc1. The van der Waals surface area contributed by atoms with Gasteiger partial charge in [-0.15, -0.1) is 11.3 Å². The highest BCUT2D eigenvalue weighted by atomic mass is 32.1. The van der Waals surface area contributed by atoms with Crippen molar-refractivity contribution in [3.05, 3.63) is 41.3 Å². The number of nitrogens with one attached hydrogen (secondary N) is 1. The van der Waals surface area contributed by atoms with Gasteiger partial charge in [-0.2, -0.15) is 4.98 Å². The van der Waals surface area contributed by atoms with Crippen LogP contribution in [-0.4, -0.2) is 54.2 Å². The fourth-order valence-corrected chi connectivity index (χ4v) is 4.55. The third-order valence-corrected chi connectivity index (χ3v) is 6.53. The van der Waals surface area contributed by atoms with Gasteiger partial charge in [0, 0.05) is 12.1 Å². The monoisotopic (exact) mass is 440 g/mol. The molecule has 1 N–H and O–H groups in total. The van der Waals surface area contributed by atoms with Gasteiger partial charge in [-0.05, 0) is 75.3 Å². The number of ether oxygens (including phenoxy) is 1. The van der Waals surface area contributed by atoms with E-state index in [0.717, 1.165) is 29.2 Å². The summed E-state index contributed by atoms with van der Waals surface area (Å²) in [6.07, 6.45) is 6.24. The van der Waals surface area contributed by atoms with Crippen LogP contribution in [0.4, 0.5) is 0 Å². The normalized spacial score (nSPS) is 14.9. The number of hydrogen-bond acceptors (Lipinski definition) is 7. The van der Waals surface area contributed by atoms with Crippen molar-refractivity contribution in [2.75, 3.05) is 33.3 Å². The molecule has 1 aromatic carbocycles. The van der Waals surface area contributed by atoms with Crippen molar-refractivity contribution in [2.24, 2.45) is 0 Å². The van der Waals surface area contributed by atoms with Crippen molar-refractivity contribution < 1.29 is 14.1 Å². The Morgan fingerprint density at radius 3 is 2.65 bits per heavy atom. The minimum atomic E-state index is -0.0500. The van der Waals surface area contributed by atoms with Gasteiger partial charge < -0.3 is 19.5 Å². The molecule has 7 nitrogen and oxygen atoms in total. The van der Waals surface area contributed by atoms with Gasteiger partial charge in [-0.1, -0.05) is 18.0 Å². The molecule has 8 heteroatoms. The first-order chi connectivity index (χ1) is 15.2. The van der Waals surface area contributed by atoms with Crippen LogP contribution in [0.15, 0.2) is 40.9 Å². The molecule has 1 aliphatic heterocycles. The summed E-state index contributed by atoms with van der Waals surface area (Å²) in [7, 11) is 1.63. The highest BCUT2D eigenvalue weighted by molar-refractivity contribution is 7.17. The van der Waals surface area contributed by atoms with Crippen LogP contribution >= 0.6 is 11.3 Å². The van der Waals surface area contributed by atoms with E-state index in [0.29, 0.717) is 23.1 Å². The van der Waals surface area contributed by atoms with Gasteiger partial charge in [-0.25, -0.2) is 0 Å². The van der Waals surface area contributed by atoms with Crippen LogP contribution in [0.3, 0.4) is 0 Å². The number of rotatable bonds is 8. The van der Waals surface area contributed by atoms with E-state index in [2.05, 4.69) is 20.4 Å². The molecule has 0 aliphatic carbocycles. The number of nitrogens with zero attached hydrogens (tertiary/aromatic N) is 3. The second kappa shape index (κ2) is 10.5. The van der Waals surface area contributed by atoms with Crippen molar-refractivity contribution in [3.63, 3.8) is 0 Å². The molecule has 31 heavy (non-hydrogen) atoms. The fourth-order valence-electron chi connectivity index (χ4n) is 3.71. The molecule has 0 radical (unpaired) electrons. The number of methoxy groups -OCH3 is 1. The Morgan fingerprint density at radius 1 is 1.13 bits per heavy atom. The zero-order valence-corrected chi connectivity index (χ0v) is 18.6. The van der Waals surface area contributed by atoms with Crippen molar-refractivity contribution in [1.82, 2.24) is 20.4 Å². The lowest BCUT2D eigenvalue weighted by atomic mass is 10.2. The molecule has 4 rings (SSSR count). The molecule has 0 bridgehead atoms. The van der Waals surface area contributed by atoms with E-state index in [1.165, 1.54) is 50.1 Å². The second-order valence-electron chi connectivity index (χ2n) is 7.68. The maximum Gasteiger partial charge on any atom is 0.261 e. The van der Waals surface area contributed by atoms with E-state index < -0.39 is 0 Å². The molecule has 1 amide bonds. The zero-order valence-electron chi connectivity index (χ0n) is 17.8. The smallest absolute Gasteiger partial charge is 0.261 e. The van der Waals surface area contributed by atoms with E-state index >= 15 is 0 Å². The Morgan fingerprint density at radius 2 is 1.90 bits per heavy atom. The molecule has 1 fully saturated rings. The summed E-state index contributed by atoms with van der Waals surface area (Å²) in [6.45, 7) is 4.11. The highest BCUT2D eigenvalue weighted by Gasteiger charge is 2.16. The van der Waals surface area contributed by atoms with Crippen molar-refractivity contribution in [1.29, 1.82) is 0 Å². The molecule has 0 spiro atoms. The Kier molecular flexibility index (Phi) is 7.32. The van der Waals surface area contributed by atoms with Crippen LogP contribution in [0.1, 0.15) is 41.8 Å². The second-order valence-corrected chi connectivity index (χ2v) is 8.76. The van der Waals surface area contributed by atoms with E-state index in [1.54, 1.807) is 7.11 Å². The van der Waals surface area contributed by atoms with Gasteiger partial charge in [-0.3, -0.25) is 4.79 Å². The van der Waals surface area contributed by atoms with E-state index in [4.69, 9.17) is 9.26 Å². The van der Waals surface area contributed by atoms with Crippen LogP contribution < -0.4 is 10.1 Å². The highest BCUT2D eigenvalue weighted by Crippen LogP contribution is 2.28. The Hall–Kier alpha value is -2.71. The summed E-state index contributed by atoms with van der Waals surface area (Å²) in [6, 6.07) is 11.1. The Labute approximate surface area is 186 Å². The van der Waals surface area contributed by atoms with Crippen LogP contribution in [0.5, 0.6) is 5.75 Å². The minimum absolute atomic E-state index is 0.0500. The van der Waals surface area contributed by atoms with Crippen molar-refractivity contribution in [3.8, 4) is 27.9 Å². The summed E-state index contributed by atoms with van der Waals surface area (Å²) in [4.78, 5) is 20.9. The number of carbonyl (C=O) groups is 1. The fraction of sp³-hybridized carbons (Fsp3) is 0.435. The lowest BCUT2D eigenvalue weighted by Crippen LogP contribution is -2.30. The maximum atomic E-state index is 12.5. The van der Waals surface area contributed by atoms with Gasteiger partial charge in [0.2, 0.25) is 5.82 Å². The Balaban J connectivity index is 1.29. The van der Waals surface area contributed by atoms with E-state index in [9.17, 15) is 4.79 Å². The molecular formula is C23H28N4O3S. The first-order valence-electron chi connectivity index (χ1n) is 10.8. The van der Waals surface area contributed by atoms with Crippen LogP contribution in [0.25, 0.3) is 22.2 Å². The molecule has 0 atom stereocenters. The van der Waals surface area contributed by atoms with Crippen LogP contribution in [0.2, 0.25) is 0 Å². The molecule has 3 heterocycles. The van der Waals surface area contributed by atoms with Gasteiger partial charge in [0.1, 0.15) is 5.75 Å². The first-order valence-corrected chi connectivity index (χ1v) is 11.6. The number of likely N-dealkylation sites (tertiary alicyclic amines) is 1. The van der Waals surface area contributed by atoms with Gasteiger partial charge in [0.25, 0.3) is 11.8 Å². The molecule has 1 saturated heterocycles. The molecular weight excluding hydrogens is 412 g/mol. The average molecular weight is 441 g/mol. The zero-order chi connectivity index (χ0) is 21.5. The number of amides is 1. The first kappa shape index (κ1) is 21.5. The summed E-state index contributed by atoms with van der Waals surface area (Å²) in [5, 5.41) is 7.10. The maximum absolute atomic E-state index is 12.5. The Bertz CT molecular complexity index is 975. The number of benzene rings is 1. The topological polar surface area (TPSA) is 80.5 Å². The lowest BCUT2D eigenvalue weighted by molar-refractivity contribution is 0.0955. The summed E-state index contributed by atoms with van der Waals surface area (Å²) in [5.74, 6) is 1.64. The molecule has 164 valence electrons. The third kappa shape index (κ3) is 5.71. The number of carbonyl (C=O) groups excluding carboxylic acids is 1. The number of thiophene rings is 1. The summed E-state index contributed by atoms with van der Waals surface area (Å²) >= 11 is 1.37. The van der Waals surface area contributed by atoms with Crippen LogP contribution in [0, 0.1) is 0 Å². The predicted molar refractivity (Wildman–Crippen MR) is 121 cm³/mol. The molecule has 1 aliphatic rings. The molecule has 2 aromatic heterocycles. The standard InChI is InChI=1S/C23H28N4O3S/c1-29-18-9-7-17(8-10-18)23-25-21(26-30-23)19-11-12-20(31-19)22(28)24-13-6-16-27-14-4-2-3-5-15-27/h7-12H,2-6,13-16H2,1H3,(H,24,28). The molecule has 0 unspecified atom stereocenters. The number of hydrogen-bond donors (Lipinski definition) is 1. The van der Waals surface area contributed by atoms with Crippen molar-refractivity contribution >= 4 is 17.2 Å². The third-order valence-electron chi connectivity index (χ3n) is 5.45. The molecule has 3 aromatic rings. The predicted octanol–water partition coefficient (Wildman–Crippen LogP) is 4.47. The summed E-state index contributed by atoms with van der Waals surface area (Å²) < 4.78 is 10.6. The van der Waals surface area contributed by atoms with Gasteiger partial charge in [0.05, 0.1) is 16.9 Å². The lowest BCUT2D eigenvalue weighted by Gasteiger charge is -2.19. The largest absolute Gasteiger partial charge is 0.497 e. The summed E-state index contributed by atoms with van der Waals surface area (Å²) in [5.41, 5.74) is 0.818. The van der Waals surface area contributed by atoms with Gasteiger partial charge >= 0.3 is 0 Å². The minimum Gasteiger partial charge on any atom is -0.497 e.